The average Bonchev–Trinajstić information content (AvgIpc) is 2.89. The molecule has 222 valence electrons. The molecule has 1 N–H and O–H groups in total. The monoisotopic (exact) mass is 629 g/mol. The molecule has 4 rings (SSSR count). The molecule has 4 aromatic rings. The predicted molar refractivity (Wildman–Crippen MR) is 169 cm³/mol. The second-order valence-corrected chi connectivity index (χ2v) is 13.7. The van der Waals surface area contributed by atoms with Crippen molar-refractivity contribution in [2.75, 3.05) is 43.4 Å². The molecule has 0 atom stereocenters. The van der Waals surface area contributed by atoms with Crippen LogP contribution in [0.15, 0.2) is 71.8 Å². The Hall–Kier alpha value is -3.44. The Kier molecular flexibility index (Phi) is 9.62. The summed E-state index contributed by atoms with van der Waals surface area (Å²) < 4.78 is 34.1. The van der Waals surface area contributed by atoms with Crippen molar-refractivity contribution < 1.29 is 17.9 Å². The van der Waals surface area contributed by atoms with Crippen molar-refractivity contribution in [3.8, 4) is 11.4 Å². The lowest BCUT2D eigenvalue weighted by molar-refractivity contribution is -0.152. The minimum Gasteiger partial charge on any atom is -0.459 e. The van der Waals surface area contributed by atoms with E-state index in [2.05, 4.69) is 20.2 Å². The number of rotatable bonds is 10. The van der Waals surface area contributed by atoms with Gasteiger partial charge in [0.2, 0.25) is 0 Å². The average molecular weight is 631 g/mol. The van der Waals surface area contributed by atoms with E-state index in [-0.39, 0.29) is 20.6 Å². The number of carbonyl (C=O) groups is 1. The molecular weight excluding hydrogens is 597 g/mol. The molecule has 0 aliphatic heterocycles. The second kappa shape index (κ2) is 12.8. The Balaban J connectivity index is 1.70. The van der Waals surface area contributed by atoms with Gasteiger partial charge in [0.05, 0.1) is 10.6 Å². The summed E-state index contributed by atoms with van der Waals surface area (Å²) in [4.78, 5) is 23.8. The van der Waals surface area contributed by atoms with E-state index in [9.17, 15) is 13.2 Å². The number of hydrogen-bond donors (Lipinski definition) is 1. The lowest BCUT2D eigenvalue weighted by atomic mass is 10.1. The van der Waals surface area contributed by atoms with Gasteiger partial charge in [0.15, 0.2) is 5.82 Å². The third kappa shape index (κ3) is 8.10. The van der Waals surface area contributed by atoms with Crippen molar-refractivity contribution in [2.24, 2.45) is 0 Å². The molecule has 0 aliphatic rings. The van der Waals surface area contributed by atoms with Crippen LogP contribution in [0.5, 0.6) is 0 Å². The molecule has 1 aromatic heterocycles. The maximum absolute atomic E-state index is 13.8. The van der Waals surface area contributed by atoms with Crippen molar-refractivity contribution in [1.82, 2.24) is 14.9 Å². The second-order valence-electron chi connectivity index (χ2n) is 10.9. The zero-order valence-corrected chi connectivity index (χ0v) is 26.4. The van der Waals surface area contributed by atoms with E-state index in [0.717, 1.165) is 39.5 Å². The number of sulfonamides is 1. The first-order valence-corrected chi connectivity index (χ1v) is 15.4. The molecule has 0 spiro atoms. The number of fused-ring (bicyclic) bond motifs is 1. The highest BCUT2D eigenvalue weighted by atomic mass is 35.5. The molecular formula is C30H33Cl2N5O4S. The van der Waals surface area contributed by atoms with E-state index >= 15 is 0 Å². The molecule has 9 nitrogen and oxygen atoms in total. The zero-order valence-electron chi connectivity index (χ0n) is 24.1. The van der Waals surface area contributed by atoms with Crippen molar-refractivity contribution >= 4 is 61.5 Å². The fourth-order valence-corrected chi connectivity index (χ4v) is 6.27. The van der Waals surface area contributed by atoms with Gasteiger partial charge in [0.1, 0.15) is 18.0 Å². The minimum absolute atomic E-state index is 0.143. The van der Waals surface area contributed by atoms with E-state index in [1.807, 2.05) is 38.4 Å². The standard InChI is InChI=1S/C30H33Cl2N5O4S/c1-30(2,3)41-28(38)19-37(42(39,40)26-17-23(31)16-24(32)18-26)25-9-8-20-14-22(7-6-21(20)15-25)29-34-11-10-27(35-29)33-12-13-36(4)5/h6-11,14-18H,12-13,19H2,1-5H3,(H,33,34,35). The highest BCUT2D eigenvalue weighted by Gasteiger charge is 2.30. The fourth-order valence-electron chi connectivity index (χ4n) is 4.14. The van der Waals surface area contributed by atoms with Crippen LogP contribution >= 0.6 is 23.2 Å². The molecule has 0 radical (unpaired) electrons. The molecule has 1 heterocycles. The molecule has 0 saturated heterocycles. The van der Waals surface area contributed by atoms with Crippen molar-refractivity contribution in [1.29, 1.82) is 0 Å². The molecule has 0 saturated carbocycles. The van der Waals surface area contributed by atoms with E-state index in [0.29, 0.717) is 5.82 Å². The number of anilines is 2. The third-order valence-corrected chi connectivity index (χ3v) is 8.20. The van der Waals surface area contributed by atoms with Crippen LogP contribution in [-0.2, 0) is 19.6 Å². The van der Waals surface area contributed by atoms with E-state index in [1.165, 1.54) is 18.2 Å². The number of carbonyl (C=O) groups excluding carboxylic acids is 1. The van der Waals surface area contributed by atoms with Crippen LogP contribution < -0.4 is 9.62 Å². The van der Waals surface area contributed by atoms with Crippen LogP contribution in [-0.4, -0.2) is 68.6 Å². The Labute approximate surface area is 256 Å². The van der Waals surface area contributed by atoms with Gasteiger partial charge in [-0.1, -0.05) is 41.4 Å². The van der Waals surface area contributed by atoms with Gasteiger partial charge in [0.25, 0.3) is 10.0 Å². The van der Waals surface area contributed by atoms with Crippen LogP contribution in [0.1, 0.15) is 20.8 Å². The number of halogens is 2. The highest BCUT2D eigenvalue weighted by Crippen LogP contribution is 2.32. The Bertz CT molecular complexity index is 1690. The van der Waals surface area contributed by atoms with Crippen molar-refractivity contribution in [2.45, 2.75) is 31.3 Å². The Morgan fingerprint density at radius 3 is 2.29 bits per heavy atom. The van der Waals surface area contributed by atoms with Gasteiger partial charge >= 0.3 is 5.97 Å². The maximum atomic E-state index is 13.8. The van der Waals surface area contributed by atoms with Gasteiger partial charge in [-0.2, -0.15) is 0 Å². The predicted octanol–water partition coefficient (Wildman–Crippen LogP) is 6.11. The van der Waals surface area contributed by atoms with Crippen LogP contribution in [0.3, 0.4) is 0 Å². The lowest BCUT2D eigenvalue weighted by Gasteiger charge is -2.26. The van der Waals surface area contributed by atoms with E-state index < -0.39 is 28.1 Å². The zero-order chi connectivity index (χ0) is 30.7. The smallest absolute Gasteiger partial charge is 0.327 e. The van der Waals surface area contributed by atoms with Crippen molar-refractivity contribution in [3.05, 3.63) is 76.9 Å². The molecule has 0 amide bonds. The largest absolute Gasteiger partial charge is 0.459 e. The summed E-state index contributed by atoms with van der Waals surface area (Å²) >= 11 is 12.2. The number of esters is 1. The van der Waals surface area contributed by atoms with Gasteiger partial charge in [-0.3, -0.25) is 9.10 Å². The summed E-state index contributed by atoms with van der Waals surface area (Å²) in [5.41, 5.74) is 0.284. The fraction of sp³-hybridized carbons (Fsp3) is 0.300. The summed E-state index contributed by atoms with van der Waals surface area (Å²) in [5.74, 6) is 0.579. The summed E-state index contributed by atoms with van der Waals surface area (Å²) in [6.07, 6.45) is 1.70. The van der Waals surface area contributed by atoms with Gasteiger partial charge in [-0.05, 0) is 88.1 Å². The SMILES string of the molecule is CN(C)CCNc1ccnc(-c2ccc3cc(N(CC(=O)OC(C)(C)C)S(=O)(=O)c4cc(Cl)cc(Cl)c4)ccc3c2)n1. The van der Waals surface area contributed by atoms with Gasteiger partial charge < -0.3 is 15.0 Å². The topological polar surface area (TPSA) is 105 Å². The van der Waals surface area contributed by atoms with Gasteiger partial charge in [-0.15, -0.1) is 0 Å². The normalized spacial score (nSPS) is 12.0. The number of ether oxygens (including phenoxy) is 1. The molecule has 0 fully saturated rings. The van der Waals surface area contributed by atoms with Crippen LogP contribution in [0, 0.1) is 0 Å². The first-order chi connectivity index (χ1) is 19.7. The molecule has 0 bridgehead atoms. The molecule has 3 aromatic carbocycles. The summed E-state index contributed by atoms with van der Waals surface area (Å²) in [6.45, 7) is 6.21. The summed E-state index contributed by atoms with van der Waals surface area (Å²) in [5, 5.41) is 5.20. The molecule has 0 aliphatic carbocycles. The van der Waals surface area contributed by atoms with Gasteiger partial charge in [-0.25, -0.2) is 18.4 Å². The number of likely N-dealkylation sites (N-methyl/N-ethyl adjacent to an activating group) is 1. The van der Waals surface area contributed by atoms with Gasteiger partial charge in [0, 0.05) is 34.9 Å². The summed E-state index contributed by atoms with van der Waals surface area (Å²) in [6, 6.07) is 16.6. The molecule has 42 heavy (non-hydrogen) atoms. The molecule has 0 unspecified atom stereocenters. The maximum Gasteiger partial charge on any atom is 0.327 e. The van der Waals surface area contributed by atoms with E-state index in [1.54, 1.807) is 45.2 Å². The molecule has 12 heteroatoms. The van der Waals surface area contributed by atoms with Crippen LogP contribution in [0.2, 0.25) is 10.0 Å². The minimum atomic E-state index is -4.25. The lowest BCUT2D eigenvalue weighted by Crippen LogP contribution is -2.39. The highest BCUT2D eigenvalue weighted by molar-refractivity contribution is 7.92. The number of benzene rings is 3. The van der Waals surface area contributed by atoms with Crippen LogP contribution in [0.4, 0.5) is 11.5 Å². The number of nitrogens with one attached hydrogen (secondary N) is 1. The van der Waals surface area contributed by atoms with Crippen LogP contribution in [0.25, 0.3) is 22.2 Å². The van der Waals surface area contributed by atoms with E-state index in [4.69, 9.17) is 27.9 Å². The Morgan fingerprint density at radius 1 is 0.952 bits per heavy atom. The Morgan fingerprint density at radius 2 is 1.62 bits per heavy atom. The first kappa shape index (κ1) is 31.5. The third-order valence-electron chi connectivity index (χ3n) is 6.01. The summed E-state index contributed by atoms with van der Waals surface area (Å²) in [7, 11) is -0.241. The van der Waals surface area contributed by atoms with Crippen molar-refractivity contribution in [3.63, 3.8) is 0 Å². The number of nitrogens with zero attached hydrogens (tertiary/aromatic N) is 4. The quantitative estimate of drug-likeness (QED) is 0.209. The number of hydrogen-bond acceptors (Lipinski definition) is 8. The number of aromatic nitrogens is 2. The first-order valence-electron chi connectivity index (χ1n) is 13.2.